The number of nitrogens with one attached hydrogen (secondary N) is 2. The molecule has 0 bridgehead atoms. The Bertz CT molecular complexity index is 786. The normalized spacial score (nSPS) is 11.1. The summed E-state index contributed by atoms with van der Waals surface area (Å²) in [7, 11) is 0. The molecule has 0 aliphatic carbocycles. The highest BCUT2D eigenvalue weighted by Gasteiger charge is 2.07. The monoisotopic (exact) mass is 341 g/mol. The standard InChI is InChI=1S/C19H20FN3O2/c1-13-4-3-5-17(12-13)21-18(24)10-11-19(25)23-22-14(2)15-6-8-16(20)9-7-15/h3-9,12H,10-11H2,1-2H3,(H,21,24)(H,23,25)/b22-14-. The van der Waals surface area contributed by atoms with Crippen molar-refractivity contribution in [3.05, 3.63) is 65.5 Å². The summed E-state index contributed by atoms with van der Waals surface area (Å²) in [6, 6.07) is 13.2. The van der Waals surface area contributed by atoms with E-state index in [2.05, 4.69) is 15.8 Å². The van der Waals surface area contributed by atoms with E-state index in [9.17, 15) is 14.0 Å². The van der Waals surface area contributed by atoms with Gasteiger partial charge in [-0.2, -0.15) is 5.10 Å². The van der Waals surface area contributed by atoms with Crippen LogP contribution in [0.4, 0.5) is 10.1 Å². The zero-order chi connectivity index (χ0) is 18.2. The second-order valence-electron chi connectivity index (χ2n) is 5.66. The first-order valence-electron chi connectivity index (χ1n) is 7.89. The Morgan fingerprint density at radius 2 is 1.72 bits per heavy atom. The Balaban J connectivity index is 1.79. The Labute approximate surface area is 145 Å². The molecule has 2 amide bonds. The van der Waals surface area contributed by atoms with Crippen molar-refractivity contribution in [1.29, 1.82) is 0 Å². The van der Waals surface area contributed by atoms with Crippen molar-refractivity contribution in [3.63, 3.8) is 0 Å². The van der Waals surface area contributed by atoms with Crippen LogP contribution in [0, 0.1) is 12.7 Å². The third-order valence-corrected chi connectivity index (χ3v) is 3.49. The molecule has 0 aromatic heterocycles. The van der Waals surface area contributed by atoms with Crippen molar-refractivity contribution in [3.8, 4) is 0 Å². The first-order chi connectivity index (χ1) is 11.9. The van der Waals surface area contributed by atoms with Crippen LogP contribution >= 0.6 is 0 Å². The summed E-state index contributed by atoms with van der Waals surface area (Å²) in [5, 5.41) is 6.70. The Kier molecular flexibility index (Phi) is 6.39. The number of halogens is 1. The lowest BCUT2D eigenvalue weighted by Gasteiger charge is -2.06. The van der Waals surface area contributed by atoms with Crippen LogP contribution in [0.5, 0.6) is 0 Å². The van der Waals surface area contributed by atoms with Crippen LogP contribution in [0.2, 0.25) is 0 Å². The van der Waals surface area contributed by atoms with Gasteiger partial charge in [0.1, 0.15) is 5.82 Å². The van der Waals surface area contributed by atoms with Crippen molar-refractivity contribution in [1.82, 2.24) is 5.43 Å². The fourth-order valence-corrected chi connectivity index (χ4v) is 2.13. The molecule has 0 atom stereocenters. The number of nitrogens with zero attached hydrogens (tertiary/aromatic N) is 1. The van der Waals surface area contributed by atoms with Crippen molar-refractivity contribution < 1.29 is 14.0 Å². The van der Waals surface area contributed by atoms with Gasteiger partial charge in [0.05, 0.1) is 5.71 Å². The number of hydrogen-bond donors (Lipinski definition) is 2. The van der Waals surface area contributed by atoms with Gasteiger partial charge in [0.25, 0.3) is 0 Å². The van der Waals surface area contributed by atoms with Crippen LogP contribution in [0.3, 0.4) is 0 Å². The Hall–Kier alpha value is -3.02. The van der Waals surface area contributed by atoms with Gasteiger partial charge in [-0.05, 0) is 49.2 Å². The number of rotatable bonds is 6. The van der Waals surface area contributed by atoms with Crippen molar-refractivity contribution in [2.24, 2.45) is 5.10 Å². The van der Waals surface area contributed by atoms with Crippen LogP contribution in [-0.2, 0) is 9.59 Å². The minimum atomic E-state index is -0.360. The number of amides is 2. The molecule has 0 spiro atoms. The first-order valence-corrected chi connectivity index (χ1v) is 7.89. The van der Waals surface area contributed by atoms with Crippen LogP contribution in [0.25, 0.3) is 0 Å². The van der Waals surface area contributed by atoms with E-state index in [0.717, 1.165) is 5.56 Å². The van der Waals surface area contributed by atoms with E-state index >= 15 is 0 Å². The summed E-state index contributed by atoms with van der Waals surface area (Å²) in [4.78, 5) is 23.6. The van der Waals surface area contributed by atoms with Gasteiger partial charge in [0, 0.05) is 18.5 Å². The molecule has 2 N–H and O–H groups in total. The second kappa shape index (κ2) is 8.73. The van der Waals surface area contributed by atoms with E-state index in [1.807, 2.05) is 25.1 Å². The SMILES string of the molecule is C/C(=N/NC(=O)CCC(=O)Nc1cccc(C)c1)c1ccc(F)cc1. The first kappa shape index (κ1) is 18.3. The third-order valence-electron chi connectivity index (χ3n) is 3.49. The quantitative estimate of drug-likeness (QED) is 0.624. The van der Waals surface area contributed by atoms with Crippen LogP contribution in [0.15, 0.2) is 53.6 Å². The molecule has 5 nitrogen and oxygen atoms in total. The Morgan fingerprint density at radius 3 is 2.40 bits per heavy atom. The molecule has 0 saturated heterocycles. The summed E-state index contributed by atoms with van der Waals surface area (Å²) in [5.41, 5.74) is 5.41. The third kappa shape index (κ3) is 6.18. The van der Waals surface area contributed by atoms with Crippen LogP contribution in [0.1, 0.15) is 30.9 Å². The van der Waals surface area contributed by atoms with Gasteiger partial charge in [-0.1, -0.05) is 24.3 Å². The molecule has 25 heavy (non-hydrogen) atoms. The molecule has 2 aromatic rings. The van der Waals surface area contributed by atoms with E-state index in [0.29, 0.717) is 17.0 Å². The fourth-order valence-electron chi connectivity index (χ4n) is 2.13. The average molecular weight is 341 g/mol. The van der Waals surface area contributed by atoms with Gasteiger partial charge >= 0.3 is 0 Å². The molecule has 2 aromatic carbocycles. The topological polar surface area (TPSA) is 70.6 Å². The van der Waals surface area contributed by atoms with E-state index in [4.69, 9.17) is 0 Å². The van der Waals surface area contributed by atoms with Gasteiger partial charge in [-0.3, -0.25) is 9.59 Å². The highest BCUT2D eigenvalue weighted by atomic mass is 19.1. The fraction of sp³-hybridized carbons (Fsp3) is 0.211. The molecule has 6 heteroatoms. The average Bonchev–Trinajstić information content (AvgIpc) is 2.58. The molecule has 2 rings (SSSR count). The number of carbonyl (C=O) groups is 2. The van der Waals surface area contributed by atoms with Gasteiger partial charge in [0.15, 0.2) is 0 Å². The number of hydrogen-bond acceptors (Lipinski definition) is 3. The van der Waals surface area contributed by atoms with Gasteiger partial charge in [-0.15, -0.1) is 0 Å². The predicted octanol–water partition coefficient (Wildman–Crippen LogP) is 3.39. The highest BCUT2D eigenvalue weighted by Crippen LogP contribution is 2.10. The van der Waals surface area contributed by atoms with Gasteiger partial charge < -0.3 is 5.32 Å². The van der Waals surface area contributed by atoms with E-state index in [1.54, 1.807) is 25.1 Å². The number of anilines is 1. The van der Waals surface area contributed by atoms with Crippen molar-refractivity contribution in [2.45, 2.75) is 26.7 Å². The van der Waals surface area contributed by atoms with Crippen LogP contribution in [-0.4, -0.2) is 17.5 Å². The molecular weight excluding hydrogens is 321 g/mol. The van der Waals surface area contributed by atoms with Crippen molar-refractivity contribution >= 4 is 23.2 Å². The zero-order valence-corrected chi connectivity index (χ0v) is 14.2. The number of aryl methyl sites for hydroxylation is 1. The molecular formula is C19H20FN3O2. The molecule has 0 saturated carbocycles. The van der Waals surface area contributed by atoms with E-state index in [1.165, 1.54) is 12.1 Å². The molecule has 0 radical (unpaired) electrons. The number of carbonyl (C=O) groups excluding carboxylic acids is 2. The highest BCUT2D eigenvalue weighted by molar-refractivity contribution is 5.99. The van der Waals surface area contributed by atoms with E-state index in [-0.39, 0.29) is 30.5 Å². The maximum absolute atomic E-state index is 12.9. The molecule has 0 aliphatic rings. The van der Waals surface area contributed by atoms with Crippen LogP contribution < -0.4 is 10.7 Å². The lowest BCUT2D eigenvalue weighted by Crippen LogP contribution is -2.21. The van der Waals surface area contributed by atoms with Crippen molar-refractivity contribution in [2.75, 3.05) is 5.32 Å². The Morgan fingerprint density at radius 1 is 1.04 bits per heavy atom. The summed E-state index contributed by atoms with van der Waals surface area (Å²) in [6.45, 7) is 3.64. The summed E-state index contributed by atoms with van der Waals surface area (Å²) >= 11 is 0. The smallest absolute Gasteiger partial charge is 0.240 e. The largest absolute Gasteiger partial charge is 0.326 e. The summed E-state index contributed by atoms with van der Waals surface area (Å²) in [5.74, 6) is -0.930. The minimum Gasteiger partial charge on any atom is -0.326 e. The predicted molar refractivity (Wildman–Crippen MR) is 95.8 cm³/mol. The summed E-state index contributed by atoms with van der Waals surface area (Å²) < 4.78 is 12.9. The van der Waals surface area contributed by atoms with E-state index < -0.39 is 0 Å². The number of benzene rings is 2. The zero-order valence-electron chi connectivity index (χ0n) is 14.2. The van der Waals surface area contributed by atoms with Gasteiger partial charge in [0.2, 0.25) is 11.8 Å². The minimum absolute atomic E-state index is 0.0256. The lowest BCUT2D eigenvalue weighted by molar-refractivity contribution is -0.124. The maximum atomic E-state index is 12.9. The molecule has 0 unspecified atom stereocenters. The second-order valence-corrected chi connectivity index (χ2v) is 5.66. The summed E-state index contributed by atoms with van der Waals surface area (Å²) in [6.07, 6.45) is 0.0860. The molecule has 0 fully saturated rings. The maximum Gasteiger partial charge on any atom is 0.240 e. The number of hydrazone groups is 1. The van der Waals surface area contributed by atoms with Gasteiger partial charge in [-0.25, -0.2) is 9.82 Å². The lowest BCUT2D eigenvalue weighted by atomic mass is 10.1. The molecule has 0 aliphatic heterocycles. The molecule has 0 heterocycles. The molecule has 130 valence electrons.